The molecule has 1 aromatic carbocycles. The molecule has 1 aliphatic heterocycles. The molecule has 1 amide bonds. The summed E-state index contributed by atoms with van der Waals surface area (Å²) in [5, 5.41) is 0. The van der Waals surface area contributed by atoms with Crippen LogP contribution in [0.25, 0.3) is 0 Å². The molecule has 1 aromatic rings. The fraction of sp³-hybridized carbons (Fsp3) is 0.650. The van der Waals surface area contributed by atoms with E-state index in [1.807, 2.05) is 6.92 Å². The second-order valence-corrected chi connectivity index (χ2v) is 7.31. The van der Waals surface area contributed by atoms with Gasteiger partial charge in [0.05, 0.1) is 18.8 Å². The molecule has 1 saturated heterocycles. The van der Waals surface area contributed by atoms with Crippen LogP contribution in [-0.2, 0) is 27.1 Å². The number of hydrogen-bond donors (Lipinski definition) is 0. The summed E-state index contributed by atoms with van der Waals surface area (Å²) in [6.45, 7) is 4.11. The SMILES string of the molecule is CCO[C@@H]1CC[C@H]2[C@H]1OCCN2C(=O)CC1Cc2ccccc2C1. The molecule has 0 bridgehead atoms. The molecule has 0 unspecified atom stereocenters. The van der Waals surface area contributed by atoms with Gasteiger partial charge < -0.3 is 14.4 Å². The third kappa shape index (κ3) is 2.98. The normalized spacial score (nSPS) is 29.5. The largest absolute Gasteiger partial charge is 0.376 e. The van der Waals surface area contributed by atoms with Gasteiger partial charge in [0, 0.05) is 19.6 Å². The molecule has 130 valence electrons. The Kier molecular flexibility index (Phi) is 4.59. The summed E-state index contributed by atoms with van der Waals surface area (Å²) in [7, 11) is 0. The van der Waals surface area contributed by atoms with Crippen LogP contribution in [0.2, 0.25) is 0 Å². The van der Waals surface area contributed by atoms with Crippen molar-refractivity contribution in [1.29, 1.82) is 0 Å². The van der Waals surface area contributed by atoms with Crippen LogP contribution in [-0.4, -0.2) is 48.8 Å². The molecule has 2 aliphatic carbocycles. The van der Waals surface area contributed by atoms with Crippen molar-refractivity contribution in [3.8, 4) is 0 Å². The molecular formula is C20H27NO3. The Morgan fingerprint density at radius 2 is 2.00 bits per heavy atom. The van der Waals surface area contributed by atoms with Crippen LogP contribution in [0.1, 0.15) is 37.3 Å². The first-order valence-electron chi connectivity index (χ1n) is 9.35. The summed E-state index contributed by atoms with van der Waals surface area (Å²) in [6.07, 6.45) is 4.99. The van der Waals surface area contributed by atoms with Crippen LogP contribution in [0.3, 0.4) is 0 Å². The Labute approximate surface area is 144 Å². The molecule has 2 fully saturated rings. The number of amides is 1. The van der Waals surface area contributed by atoms with Gasteiger partial charge in [-0.25, -0.2) is 0 Å². The number of hydrogen-bond acceptors (Lipinski definition) is 3. The maximum atomic E-state index is 12.9. The van der Waals surface area contributed by atoms with Crippen LogP contribution in [0.15, 0.2) is 24.3 Å². The van der Waals surface area contributed by atoms with Gasteiger partial charge in [0.15, 0.2) is 0 Å². The van der Waals surface area contributed by atoms with E-state index < -0.39 is 0 Å². The fourth-order valence-electron chi connectivity index (χ4n) is 4.78. The average Bonchev–Trinajstić information content (AvgIpc) is 3.18. The molecule has 4 nitrogen and oxygen atoms in total. The molecule has 0 radical (unpaired) electrons. The highest BCUT2D eigenvalue weighted by Gasteiger charge is 2.45. The fourth-order valence-corrected chi connectivity index (χ4v) is 4.78. The lowest BCUT2D eigenvalue weighted by Crippen LogP contribution is -2.54. The number of rotatable bonds is 4. The third-order valence-corrected chi connectivity index (χ3v) is 5.84. The molecule has 0 aromatic heterocycles. The van der Waals surface area contributed by atoms with Gasteiger partial charge in [0.1, 0.15) is 6.10 Å². The summed E-state index contributed by atoms with van der Waals surface area (Å²) in [5.74, 6) is 0.767. The van der Waals surface area contributed by atoms with Gasteiger partial charge in [-0.3, -0.25) is 4.79 Å². The Balaban J connectivity index is 1.38. The van der Waals surface area contributed by atoms with Crippen LogP contribution in [0.5, 0.6) is 0 Å². The van der Waals surface area contributed by atoms with Crippen LogP contribution in [0.4, 0.5) is 0 Å². The minimum absolute atomic E-state index is 0.0726. The van der Waals surface area contributed by atoms with Gasteiger partial charge >= 0.3 is 0 Å². The van der Waals surface area contributed by atoms with E-state index in [1.165, 1.54) is 11.1 Å². The minimum Gasteiger partial charge on any atom is -0.376 e. The van der Waals surface area contributed by atoms with Crippen molar-refractivity contribution in [1.82, 2.24) is 4.90 Å². The molecule has 1 heterocycles. The number of benzene rings is 1. The predicted molar refractivity (Wildman–Crippen MR) is 91.8 cm³/mol. The molecule has 0 spiro atoms. The van der Waals surface area contributed by atoms with Gasteiger partial charge in [0.2, 0.25) is 5.91 Å². The molecule has 0 N–H and O–H groups in total. The van der Waals surface area contributed by atoms with Crippen LogP contribution in [0, 0.1) is 5.92 Å². The van der Waals surface area contributed by atoms with Gasteiger partial charge in [-0.1, -0.05) is 24.3 Å². The van der Waals surface area contributed by atoms with E-state index in [0.29, 0.717) is 31.5 Å². The molecule has 24 heavy (non-hydrogen) atoms. The van der Waals surface area contributed by atoms with Gasteiger partial charge in [-0.2, -0.15) is 0 Å². The lowest BCUT2D eigenvalue weighted by atomic mass is 10.00. The summed E-state index contributed by atoms with van der Waals surface area (Å²) < 4.78 is 11.8. The van der Waals surface area contributed by atoms with E-state index in [2.05, 4.69) is 29.2 Å². The number of ether oxygens (including phenoxy) is 2. The number of morpholine rings is 1. The van der Waals surface area contributed by atoms with Crippen molar-refractivity contribution in [2.45, 2.75) is 57.3 Å². The van der Waals surface area contributed by atoms with E-state index in [1.54, 1.807) is 0 Å². The smallest absolute Gasteiger partial charge is 0.223 e. The minimum atomic E-state index is 0.0726. The number of fused-ring (bicyclic) bond motifs is 2. The number of carbonyl (C=O) groups is 1. The Morgan fingerprint density at radius 3 is 2.71 bits per heavy atom. The first kappa shape index (κ1) is 16.1. The van der Waals surface area contributed by atoms with Crippen molar-refractivity contribution >= 4 is 5.91 Å². The standard InChI is InChI=1S/C20H27NO3/c1-2-23-18-8-7-17-20(18)24-10-9-21(17)19(22)13-14-11-15-5-3-4-6-16(15)12-14/h3-6,14,17-18,20H,2,7-13H2,1H3/t17-,18+,20+/m0/s1. The second kappa shape index (κ2) is 6.85. The Morgan fingerprint density at radius 1 is 1.25 bits per heavy atom. The van der Waals surface area contributed by atoms with E-state index in [0.717, 1.165) is 32.2 Å². The first-order valence-corrected chi connectivity index (χ1v) is 9.35. The quantitative estimate of drug-likeness (QED) is 0.852. The number of nitrogens with zero attached hydrogens (tertiary/aromatic N) is 1. The molecule has 4 rings (SSSR count). The van der Waals surface area contributed by atoms with Crippen molar-refractivity contribution in [2.75, 3.05) is 19.8 Å². The highest BCUT2D eigenvalue weighted by atomic mass is 16.5. The molecular weight excluding hydrogens is 302 g/mol. The second-order valence-electron chi connectivity index (χ2n) is 7.31. The summed E-state index contributed by atoms with van der Waals surface area (Å²) in [5.41, 5.74) is 2.85. The zero-order valence-electron chi connectivity index (χ0n) is 14.4. The van der Waals surface area contributed by atoms with Crippen LogP contribution < -0.4 is 0 Å². The van der Waals surface area contributed by atoms with Gasteiger partial charge in [0.25, 0.3) is 0 Å². The van der Waals surface area contributed by atoms with E-state index in [9.17, 15) is 4.79 Å². The summed E-state index contributed by atoms with van der Waals surface area (Å²) in [6, 6.07) is 8.82. The average molecular weight is 329 g/mol. The monoisotopic (exact) mass is 329 g/mol. The van der Waals surface area contributed by atoms with Crippen molar-refractivity contribution < 1.29 is 14.3 Å². The van der Waals surface area contributed by atoms with Gasteiger partial charge in [-0.05, 0) is 49.7 Å². The topological polar surface area (TPSA) is 38.8 Å². The lowest BCUT2D eigenvalue weighted by Gasteiger charge is -2.39. The lowest BCUT2D eigenvalue weighted by molar-refractivity contribution is -0.152. The number of carbonyl (C=O) groups excluding carboxylic acids is 1. The maximum Gasteiger partial charge on any atom is 0.223 e. The Hall–Kier alpha value is -1.39. The van der Waals surface area contributed by atoms with Gasteiger partial charge in [-0.15, -0.1) is 0 Å². The van der Waals surface area contributed by atoms with E-state index in [4.69, 9.17) is 9.47 Å². The highest BCUT2D eigenvalue weighted by molar-refractivity contribution is 5.77. The highest BCUT2D eigenvalue weighted by Crippen LogP contribution is 2.34. The molecule has 1 saturated carbocycles. The maximum absolute atomic E-state index is 12.9. The molecule has 3 atom stereocenters. The summed E-state index contributed by atoms with van der Waals surface area (Å²) >= 11 is 0. The summed E-state index contributed by atoms with van der Waals surface area (Å²) in [4.78, 5) is 15.0. The predicted octanol–water partition coefficient (Wildman–Crippen LogP) is 2.59. The molecule has 4 heteroatoms. The van der Waals surface area contributed by atoms with Crippen LogP contribution >= 0.6 is 0 Å². The third-order valence-electron chi connectivity index (χ3n) is 5.84. The zero-order chi connectivity index (χ0) is 16.5. The molecule has 3 aliphatic rings. The van der Waals surface area contributed by atoms with E-state index >= 15 is 0 Å². The van der Waals surface area contributed by atoms with E-state index in [-0.39, 0.29) is 18.2 Å². The Bertz CT molecular complexity index is 577. The zero-order valence-corrected chi connectivity index (χ0v) is 14.4. The first-order chi connectivity index (χ1) is 11.8. The van der Waals surface area contributed by atoms with Crippen molar-refractivity contribution in [3.63, 3.8) is 0 Å². The van der Waals surface area contributed by atoms with Crippen molar-refractivity contribution in [3.05, 3.63) is 35.4 Å². The van der Waals surface area contributed by atoms with Crippen molar-refractivity contribution in [2.24, 2.45) is 5.92 Å².